The van der Waals surface area contributed by atoms with Crippen molar-refractivity contribution in [3.8, 4) is 0 Å². The average molecular weight is 399 g/mol. The molecular weight excluding hydrogens is 352 g/mol. The Labute approximate surface area is 180 Å². The fraction of sp³-hybridized carbons (Fsp3) is 0.929. The third kappa shape index (κ3) is 3.37. The van der Waals surface area contributed by atoms with Crippen LogP contribution < -0.4 is 0 Å². The molecule has 1 saturated heterocycles. The molecule has 0 aromatic heterocycles. The summed E-state index contributed by atoms with van der Waals surface area (Å²) in [5, 5.41) is 0. The second-order valence-electron chi connectivity index (χ2n) is 13.7. The monoisotopic (exact) mass is 398 g/mol. The molecule has 1 heteroatoms. The maximum atomic E-state index is 6.61. The van der Waals surface area contributed by atoms with Gasteiger partial charge in [-0.15, -0.1) is 0 Å². The molecular formula is C28H46O. The topological polar surface area (TPSA) is 12.5 Å². The molecule has 4 saturated carbocycles. The lowest BCUT2D eigenvalue weighted by Gasteiger charge is -2.53. The number of allylic oxidation sites excluding steroid dienone is 1. The van der Waals surface area contributed by atoms with Crippen molar-refractivity contribution in [2.75, 3.05) is 0 Å². The fourth-order valence-electron chi connectivity index (χ4n) is 8.92. The Kier molecular flexibility index (Phi) is 4.69. The predicted octanol–water partition coefficient (Wildman–Crippen LogP) is 7.94. The maximum Gasteiger partial charge on any atom is 0.0930 e. The van der Waals surface area contributed by atoms with Crippen molar-refractivity contribution >= 4 is 0 Å². The van der Waals surface area contributed by atoms with Crippen LogP contribution in [-0.2, 0) is 4.74 Å². The summed E-state index contributed by atoms with van der Waals surface area (Å²) in [6, 6.07) is 0. The zero-order valence-electron chi connectivity index (χ0n) is 20.0. The number of hydrogen-bond donors (Lipinski definition) is 0. The van der Waals surface area contributed by atoms with Gasteiger partial charge in [-0.1, -0.05) is 52.7 Å². The fourth-order valence-corrected chi connectivity index (χ4v) is 8.92. The van der Waals surface area contributed by atoms with Gasteiger partial charge in [0.05, 0.1) is 11.7 Å². The summed E-state index contributed by atoms with van der Waals surface area (Å²) in [5.74, 6) is 3.49. The maximum absolute atomic E-state index is 6.61. The van der Waals surface area contributed by atoms with Crippen LogP contribution >= 0.6 is 0 Å². The first-order chi connectivity index (χ1) is 13.6. The molecule has 1 nitrogen and oxygen atoms in total. The molecule has 4 aliphatic carbocycles. The van der Waals surface area contributed by atoms with E-state index in [1.165, 1.54) is 77.0 Å². The Morgan fingerprint density at radius 1 is 1.03 bits per heavy atom. The normalized spacial score (nSPS) is 50.8. The third-order valence-electron chi connectivity index (χ3n) is 10.6. The molecule has 2 spiro atoms. The Morgan fingerprint density at radius 2 is 1.83 bits per heavy atom. The van der Waals surface area contributed by atoms with Gasteiger partial charge in [0.1, 0.15) is 0 Å². The van der Waals surface area contributed by atoms with Crippen molar-refractivity contribution in [1.82, 2.24) is 0 Å². The summed E-state index contributed by atoms with van der Waals surface area (Å²) in [6.07, 6.45) is 17.5. The number of hydrogen-bond acceptors (Lipinski definition) is 1. The number of rotatable bonds is 3. The van der Waals surface area contributed by atoms with Gasteiger partial charge in [-0.05, 0) is 106 Å². The second-order valence-corrected chi connectivity index (χ2v) is 13.7. The van der Waals surface area contributed by atoms with E-state index in [2.05, 4.69) is 34.6 Å². The summed E-state index contributed by atoms with van der Waals surface area (Å²) in [7, 11) is 0. The quantitative estimate of drug-likeness (QED) is 0.347. The van der Waals surface area contributed by atoms with E-state index >= 15 is 0 Å². The molecule has 1 heterocycles. The van der Waals surface area contributed by atoms with Gasteiger partial charge in [-0.2, -0.15) is 0 Å². The lowest BCUT2D eigenvalue weighted by molar-refractivity contribution is -0.00548. The van der Waals surface area contributed by atoms with Crippen LogP contribution in [0.1, 0.15) is 112 Å². The molecule has 5 fully saturated rings. The largest absolute Gasteiger partial charge is 0.366 e. The number of fused-ring (bicyclic) bond motifs is 3. The first kappa shape index (κ1) is 20.6. The molecule has 0 aromatic carbocycles. The number of epoxide rings is 1. The first-order valence-electron chi connectivity index (χ1n) is 12.9. The van der Waals surface area contributed by atoms with Gasteiger partial charge >= 0.3 is 0 Å². The molecule has 5 aliphatic rings. The molecule has 0 amide bonds. The van der Waals surface area contributed by atoms with Crippen LogP contribution in [0.5, 0.6) is 0 Å². The zero-order valence-corrected chi connectivity index (χ0v) is 20.0. The van der Waals surface area contributed by atoms with E-state index in [-0.39, 0.29) is 5.60 Å². The van der Waals surface area contributed by atoms with Crippen molar-refractivity contribution in [3.63, 3.8) is 0 Å². The average Bonchev–Trinajstić information content (AvgIpc) is 2.99. The highest BCUT2D eigenvalue weighted by Crippen LogP contribution is 2.70. The second kappa shape index (κ2) is 6.60. The highest BCUT2D eigenvalue weighted by molar-refractivity contribution is 5.23. The van der Waals surface area contributed by atoms with Crippen LogP contribution in [0.3, 0.4) is 0 Å². The lowest BCUT2D eigenvalue weighted by Crippen LogP contribution is -2.45. The van der Waals surface area contributed by atoms with E-state index in [4.69, 9.17) is 11.3 Å². The van der Waals surface area contributed by atoms with Crippen LogP contribution in [0.25, 0.3) is 0 Å². The van der Waals surface area contributed by atoms with E-state index < -0.39 is 0 Å². The molecule has 0 bridgehead atoms. The predicted molar refractivity (Wildman–Crippen MR) is 122 cm³/mol. The van der Waals surface area contributed by atoms with E-state index in [9.17, 15) is 0 Å². The van der Waals surface area contributed by atoms with E-state index in [1.807, 2.05) is 0 Å². The highest BCUT2D eigenvalue weighted by Gasteiger charge is 2.68. The van der Waals surface area contributed by atoms with Crippen molar-refractivity contribution in [2.24, 2.45) is 39.9 Å². The Balaban J connectivity index is 1.33. The lowest BCUT2D eigenvalue weighted by atomic mass is 9.51. The van der Waals surface area contributed by atoms with Crippen LogP contribution in [-0.4, -0.2) is 11.7 Å². The smallest absolute Gasteiger partial charge is 0.0930 e. The summed E-state index contributed by atoms with van der Waals surface area (Å²) < 4.78 is 6.61. The molecule has 1 aliphatic heterocycles. The van der Waals surface area contributed by atoms with Crippen molar-refractivity contribution < 1.29 is 4.74 Å². The van der Waals surface area contributed by atoms with Gasteiger partial charge in [0.15, 0.2) is 0 Å². The Hall–Kier alpha value is -0.300. The molecule has 29 heavy (non-hydrogen) atoms. The summed E-state index contributed by atoms with van der Waals surface area (Å²) in [4.78, 5) is 0. The SMILES string of the molecule is C=C1CC2(CCC3(CCC(CCC(C)C)C3)C2)C2OC2(C)CCC2C1CC2(C)C. The van der Waals surface area contributed by atoms with E-state index in [0.717, 1.165) is 23.7 Å². The highest BCUT2D eigenvalue weighted by atomic mass is 16.6. The minimum absolute atomic E-state index is 0.169. The molecule has 0 radical (unpaired) electrons. The van der Waals surface area contributed by atoms with Gasteiger partial charge in [-0.25, -0.2) is 0 Å². The van der Waals surface area contributed by atoms with Crippen molar-refractivity contribution in [1.29, 1.82) is 0 Å². The minimum Gasteiger partial charge on any atom is -0.366 e. The van der Waals surface area contributed by atoms with Crippen LogP contribution in [0.2, 0.25) is 0 Å². The van der Waals surface area contributed by atoms with Crippen LogP contribution in [0.4, 0.5) is 0 Å². The first-order valence-corrected chi connectivity index (χ1v) is 12.9. The van der Waals surface area contributed by atoms with E-state index in [0.29, 0.717) is 22.3 Å². The summed E-state index contributed by atoms with van der Waals surface area (Å²) in [6.45, 7) is 16.9. The van der Waals surface area contributed by atoms with Crippen LogP contribution in [0.15, 0.2) is 12.2 Å². The minimum atomic E-state index is 0.169. The van der Waals surface area contributed by atoms with Gasteiger partial charge in [0.2, 0.25) is 0 Å². The summed E-state index contributed by atoms with van der Waals surface area (Å²) >= 11 is 0. The van der Waals surface area contributed by atoms with Crippen molar-refractivity contribution in [3.05, 3.63) is 12.2 Å². The summed E-state index contributed by atoms with van der Waals surface area (Å²) in [5.41, 5.74) is 3.33. The zero-order chi connectivity index (χ0) is 20.7. The molecule has 0 aromatic rings. The standard InChI is InChI=1S/C28H46O/c1-19(2)7-8-21-9-12-27(16-21)13-14-28(18-27)15-20(3)22-17-25(4,5)23(22)10-11-26(6)24(28)29-26/h19,21-24H,3,7-18H2,1-2,4-6H3. The molecule has 164 valence electrons. The van der Waals surface area contributed by atoms with E-state index in [1.54, 1.807) is 5.57 Å². The molecule has 7 unspecified atom stereocenters. The Morgan fingerprint density at radius 3 is 2.55 bits per heavy atom. The van der Waals surface area contributed by atoms with Gasteiger partial charge in [0, 0.05) is 5.41 Å². The molecule has 5 rings (SSSR count). The molecule has 7 atom stereocenters. The van der Waals surface area contributed by atoms with Gasteiger partial charge in [0.25, 0.3) is 0 Å². The molecule has 0 N–H and O–H groups in total. The number of ether oxygens (including phenoxy) is 1. The third-order valence-corrected chi connectivity index (χ3v) is 10.6. The van der Waals surface area contributed by atoms with Gasteiger partial charge < -0.3 is 4.74 Å². The van der Waals surface area contributed by atoms with Crippen LogP contribution in [0, 0.1) is 39.9 Å². The van der Waals surface area contributed by atoms with Gasteiger partial charge in [-0.3, -0.25) is 0 Å². The Bertz CT molecular complexity index is 676. The van der Waals surface area contributed by atoms with Crippen molar-refractivity contribution in [2.45, 2.75) is 123 Å².